The lowest BCUT2D eigenvalue weighted by atomic mass is 9.96. The van der Waals surface area contributed by atoms with Gasteiger partial charge in [-0.2, -0.15) is 0 Å². The summed E-state index contributed by atoms with van der Waals surface area (Å²) in [5, 5.41) is 3.62. The number of halogens is 3. The minimum Gasteiger partial charge on any atom is -0.310 e. The number of hydrogen-bond acceptors (Lipinski definition) is 2. The summed E-state index contributed by atoms with van der Waals surface area (Å²) in [6.45, 7) is 4.12. The van der Waals surface area contributed by atoms with Crippen molar-refractivity contribution in [3.05, 3.63) is 63.9 Å². The summed E-state index contributed by atoms with van der Waals surface area (Å²) in [4.78, 5) is 3.92. The van der Waals surface area contributed by atoms with E-state index in [1.807, 2.05) is 6.92 Å². The van der Waals surface area contributed by atoms with Crippen LogP contribution in [0.25, 0.3) is 0 Å². The first-order chi connectivity index (χ1) is 10.0. The molecule has 0 aliphatic rings. The number of aromatic nitrogens is 1. The Morgan fingerprint density at radius 3 is 2.71 bits per heavy atom. The van der Waals surface area contributed by atoms with E-state index in [9.17, 15) is 8.78 Å². The van der Waals surface area contributed by atoms with Crippen molar-refractivity contribution in [1.29, 1.82) is 0 Å². The maximum atomic E-state index is 14.3. The molecule has 0 saturated carbocycles. The molecule has 1 unspecified atom stereocenters. The first-order valence-electron chi connectivity index (χ1n) is 6.80. The van der Waals surface area contributed by atoms with Gasteiger partial charge in [0.2, 0.25) is 0 Å². The van der Waals surface area contributed by atoms with Crippen LogP contribution >= 0.6 is 11.6 Å². The van der Waals surface area contributed by atoms with E-state index in [0.29, 0.717) is 23.6 Å². The largest absolute Gasteiger partial charge is 0.310 e. The van der Waals surface area contributed by atoms with Gasteiger partial charge in [0.15, 0.2) is 0 Å². The standard InChI is InChI=1S/C16H17ClF2N2/c1-3-21-14(8-11-6-7-20-9-12(11)17)15-13(18)5-4-10(2)16(15)19/h4-7,9,14,21H,3,8H2,1-2H3. The summed E-state index contributed by atoms with van der Waals surface area (Å²) in [6, 6.07) is 4.02. The first-order valence-corrected chi connectivity index (χ1v) is 7.18. The number of nitrogens with one attached hydrogen (secondary N) is 1. The van der Waals surface area contributed by atoms with Crippen LogP contribution < -0.4 is 5.32 Å². The molecule has 0 aliphatic heterocycles. The van der Waals surface area contributed by atoms with E-state index in [1.54, 1.807) is 19.2 Å². The van der Waals surface area contributed by atoms with Gasteiger partial charge in [0.05, 0.1) is 5.02 Å². The molecule has 0 bridgehead atoms. The van der Waals surface area contributed by atoms with Crippen LogP contribution in [-0.2, 0) is 6.42 Å². The second kappa shape index (κ2) is 6.96. The zero-order valence-corrected chi connectivity index (χ0v) is 12.7. The van der Waals surface area contributed by atoms with Crippen LogP contribution in [0.4, 0.5) is 8.78 Å². The quantitative estimate of drug-likeness (QED) is 0.894. The Labute approximate surface area is 128 Å². The lowest BCUT2D eigenvalue weighted by Crippen LogP contribution is -2.25. The van der Waals surface area contributed by atoms with Gasteiger partial charge >= 0.3 is 0 Å². The SMILES string of the molecule is CCNC(Cc1ccncc1Cl)c1c(F)ccc(C)c1F. The van der Waals surface area contributed by atoms with Gasteiger partial charge in [-0.3, -0.25) is 4.98 Å². The molecule has 0 radical (unpaired) electrons. The molecule has 2 rings (SSSR count). The molecule has 1 atom stereocenters. The molecule has 0 spiro atoms. The highest BCUT2D eigenvalue weighted by Gasteiger charge is 2.22. The van der Waals surface area contributed by atoms with E-state index >= 15 is 0 Å². The molecular weight excluding hydrogens is 294 g/mol. The van der Waals surface area contributed by atoms with Gasteiger partial charge in [-0.25, -0.2) is 8.78 Å². The molecule has 2 aromatic rings. The fourth-order valence-corrected chi connectivity index (χ4v) is 2.51. The maximum Gasteiger partial charge on any atom is 0.133 e. The monoisotopic (exact) mass is 310 g/mol. The van der Waals surface area contributed by atoms with Crippen molar-refractivity contribution in [3.63, 3.8) is 0 Å². The molecule has 5 heteroatoms. The Morgan fingerprint density at radius 2 is 2.05 bits per heavy atom. The number of rotatable bonds is 5. The average molecular weight is 311 g/mol. The summed E-state index contributed by atoms with van der Waals surface area (Å²) in [7, 11) is 0. The van der Waals surface area contributed by atoms with Crippen molar-refractivity contribution in [2.75, 3.05) is 6.54 Å². The molecular formula is C16H17ClF2N2. The lowest BCUT2D eigenvalue weighted by molar-refractivity contribution is 0.470. The Morgan fingerprint density at radius 1 is 1.29 bits per heavy atom. The van der Waals surface area contributed by atoms with Crippen LogP contribution in [0.3, 0.4) is 0 Å². The van der Waals surface area contributed by atoms with Crippen molar-refractivity contribution >= 4 is 11.6 Å². The normalized spacial score (nSPS) is 12.4. The third kappa shape index (κ3) is 3.57. The highest BCUT2D eigenvalue weighted by atomic mass is 35.5. The Bertz CT molecular complexity index is 632. The van der Waals surface area contributed by atoms with Gasteiger partial charge in [-0.05, 0) is 43.1 Å². The van der Waals surface area contributed by atoms with E-state index in [4.69, 9.17) is 11.6 Å². The molecule has 0 amide bonds. The van der Waals surface area contributed by atoms with Gasteiger partial charge in [-0.15, -0.1) is 0 Å². The van der Waals surface area contributed by atoms with Crippen LogP contribution in [-0.4, -0.2) is 11.5 Å². The molecule has 0 aliphatic carbocycles. The minimum atomic E-state index is -0.547. The summed E-state index contributed by atoms with van der Waals surface area (Å²) in [5.41, 5.74) is 1.29. The van der Waals surface area contributed by atoms with E-state index in [-0.39, 0.29) is 5.56 Å². The number of hydrogen-bond donors (Lipinski definition) is 1. The molecule has 1 aromatic carbocycles. The zero-order valence-electron chi connectivity index (χ0n) is 12.0. The summed E-state index contributed by atoms with van der Waals surface area (Å²) in [6.07, 6.45) is 3.54. The fraction of sp³-hybridized carbons (Fsp3) is 0.312. The van der Waals surface area contributed by atoms with Gasteiger partial charge in [0.1, 0.15) is 11.6 Å². The predicted octanol–water partition coefficient (Wildman–Crippen LogP) is 4.21. The minimum absolute atomic E-state index is 0.0599. The molecule has 0 fully saturated rings. The van der Waals surface area contributed by atoms with E-state index in [2.05, 4.69) is 10.3 Å². The topological polar surface area (TPSA) is 24.9 Å². The van der Waals surface area contributed by atoms with E-state index < -0.39 is 17.7 Å². The van der Waals surface area contributed by atoms with Crippen LogP contribution in [0.5, 0.6) is 0 Å². The lowest BCUT2D eigenvalue weighted by Gasteiger charge is -2.21. The van der Waals surface area contributed by atoms with Gasteiger partial charge < -0.3 is 5.32 Å². The Hall–Kier alpha value is -1.52. The van der Waals surface area contributed by atoms with Crippen molar-refractivity contribution in [3.8, 4) is 0 Å². The van der Waals surface area contributed by atoms with Gasteiger partial charge in [0.25, 0.3) is 0 Å². The highest BCUT2D eigenvalue weighted by Crippen LogP contribution is 2.28. The first kappa shape index (κ1) is 15.9. The number of pyridine rings is 1. The molecule has 1 heterocycles. The molecule has 1 aromatic heterocycles. The molecule has 2 nitrogen and oxygen atoms in total. The Balaban J connectivity index is 2.40. The van der Waals surface area contributed by atoms with E-state index in [0.717, 1.165) is 5.56 Å². The van der Waals surface area contributed by atoms with Gasteiger partial charge in [0, 0.05) is 24.0 Å². The predicted molar refractivity (Wildman–Crippen MR) is 80.5 cm³/mol. The third-order valence-corrected chi connectivity index (χ3v) is 3.74. The van der Waals surface area contributed by atoms with Crippen molar-refractivity contribution in [2.45, 2.75) is 26.3 Å². The van der Waals surface area contributed by atoms with E-state index in [1.165, 1.54) is 18.3 Å². The highest BCUT2D eigenvalue weighted by molar-refractivity contribution is 6.31. The summed E-state index contributed by atoms with van der Waals surface area (Å²) < 4.78 is 28.4. The molecule has 1 N–H and O–H groups in total. The number of nitrogens with zero attached hydrogens (tertiary/aromatic N) is 1. The summed E-state index contributed by atoms with van der Waals surface area (Å²) in [5.74, 6) is -1.06. The number of likely N-dealkylation sites (N-methyl/N-ethyl adjacent to an activating group) is 1. The third-order valence-electron chi connectivity index (χ3n) is 3.40. The molecule has 112 valence electrons. The second-order valence-corrected chi connectivity index (χ2v) is 5.28. The van der Waals surface area contributed by atoms with Crippen molar-refractivity contribution in [2.24, 2.45) is 0 Å². The smallest absolute Gasteiger partial charge is 0.133 e. The van der Waals surface area contributed by atoms with Crippen molar-refractivity contribution in [1.82, 2.24) is 10.3 Å². The summed E-state index contributed by atoms with van der Waals surface area (Å²) >= 11 is 6.09. The fourth-order valence-electron chi connectivity index (χ4n) is 2.31. The number of benzene rings is 1. The average Bonchev–Trinajstić information content (AvgIpc) is 2.46. The number of aryl methyl sites for hydroxylation is 1. The van der Waals surface area contributed by atoms with Crippen LogP contribution in [0, 0.1) is 18.6 Å². The van der Waals surface area contributed by atoms with Crippen LogP contribution in [0.15, 0.2) is 30.6 Å². The second-order valence-electron chi connectivity index (χ2n) is 4.87. The molecule has 21 heavy (non-hydrogen) atoms. The van der Waals surface area contributed by atoms with Crippen LogP contribution in [0.2, 0.25) is 5.02 Å². The van der Waals surface area contributed by atoms with Crippen LogP contribution in [0.1, 0.15) is 29.7 Å². The Kier molecular flexibility index (Phi) is 5.26. The maximum absolute atomic E-state index is 14.3. The molecule has 0 saturated heterocycles. The van der Waals surface area contributed by atoms with Gasteiger partial charge in [-0.1, -0.05) is 24.6 Å². The zero-order chi connectivity index (χ0) is 15.4. The van der Waals surface area contributed by atoms with Crippen molar-refractivity contribution < 1.29 is 8.78 Å².